The number of carbonyl (C=O) groups excluding carboxylic acids is 2. The smallest absolute Gasteiger partial charge is 0.338 e. The van der Waals surface area contributed by atoms with Crippen LogP contribution < -0.4 is 5.32 Å². The third-order valence-corrected chi connectivity index (χ3v) is 11.4. The minimum atomic E-state index is -3.65. The molecule has 1 saturated heterocycles. The molecule has 2 aliphatic heterocycles. The molecule has 0 radical (unpaired) electrons. The van der Waals surface area contributed by atoms with Gasteiger partial charge in [0.25, 0.3) is 0 Å². The molecule has 2 aromatic rings. The summed E-state index contributed by atoms with van der Waals surface area (Å²) in [5, 5.41) is 4.92. The van der Waals surface area contributed by atoms with Gasteiger partial charge >= 0.3 is 11.9 Å². The molecule has 1 aromatic heterocycles. The maximum Gasteiger partial charge on any atom is 0.338 e. The first-order chi connectivity index (χ1) is 20.7. The Hall–Kier alpha value is -3.23. The zero-order valence-electron chi connectivity index (χ0n) is 25.2. The van der Waals surface area contributed by atoms with E-state index in [2.05, 4.69) is 10.3 Å². The number of halogens is 2. The number of piperidine rings is 1. The van der Waals surface area contributed by atoms with E-state index < -0.39 is 50.4 Å². The molecular formula is C30H36F2N4O6S2. The van der Waals surface area contributed by atoms with Gasteiger partial charge in [0, 0.05) is 36.3 Å². The van der Waals surface area contributed by atoms with Crippen LogP contribution in [0.25, 0.3) is 0 Å². The summed E-state index contributed by atoms with van der Waals surface area (Å²) in [7, 11) is -2.41. The maximum atomic E-state index is 14.7. The van der Waals surface area contributed by atoms with Crippen LogP contribution >= 0.6 is 11.3 Å². The molecule has 3 aliphatic rings. The number of thiazole rings is 1. The van der Waals surface area contributed by atoms with E-state index in [0.717, 1.165) is 6.07 Å². The van der Waals surface area contributed by atoms with Crippen LogP contribution in [0, 0.1) is 30.4 Å². The lowest BCUT2D eigenvalue weighted by atomic mass is 9.85. The van der Waals surface area contributed by atoms with E-state index in [1.807, 2.05) is 0 Å². The molecule has 1 N–H and O–H groups in total. The number of hydrogen-bond donors (Lipinski definition) is 1. The van der Waals surface area contributed by atoms with E-state index >= 15 is 0 Å². The van der Waals surface area contributed by atoms with E-state index in [4.69, 9.17) is 14.5 Å². The first kappa shape index (κ1) is 32.2. The summed E-state index contributed by atoms with van der Waals surface area (Å²) in [6.45, 7) is 7.17. The highest BCUT2D eigenvalue weighted by Crippen LogP contribution is 2.41. The van der Waals surface area contributed by atoms with Gasteiger partial charge in [-0.05, 0) is 70.6 Å². The number of aliphatic imine (C=N–C) groups is 1. The van der Waals surface area contributed by atoms with E-state index in [0.29, 0.717) is 34.9 Å². The average Bonchev–Trinajstić information content (AvgIpc) is 3.48. The Balaban J connectivity index is 1.39. The minimum Gasteiger partial charge on any atom is -0.466 e. The zero-order chi connectivity index (χ0) is 32.0. The average molecular weight is 651 g/mol. The lowest BCUT2D eigenvalue weighted by molar-refractivity contribution is -0.162. The zero-order valence-corrected chi connectivity index (χ0v) is 26.9. The molecular weight excluding hydrogens is 614 g/mol. The molecule has 44 heavy (non-hydrogen) atoms. The summed E-state index contributed by atoms with van der Waals surface area (Å²) in [5.41, 5.74) is 0.340. The standard InChI is InChI=1S/C30H36F2N4O6S2/c1-16-20(6-7-21(31)23(16)32)25-22(29(38)41-5)24(34-26(35-25)27-33-10-13-43-27)17-8-11-36(12-9-17)44(39,40)19-14-18(15-19)28(37)42-30(2,3)4/h6-7,10,13,17-19,25H,8-9,11-12,14-15H2,1-5H3,(H,34,35)/t18-,19-,25?. The van der Waals surface area contributed by atoms with Gasteiger partial charge in [-0.15, -0.1) is 11.3 Å². The summed E-state index contributed by atoms with van der Waals surface area (Å²) < 4.78 is 67.6. The second kappa shape index (κ2) is 12.3. The molecule has 1 aromatic carbocycles. The third kappa shape index (κ3) is 6.29. The number of allylic oxidation sites excluding steroid dienone is 1. The van der Waals surface area contributed by atoms with Crippen LogP contribution in [-0.4, -0.2) is 66.5 Å². The maximum absolute atomic E-state index is 14.7. The number of nitrogens with zero attached hydrogens (tertiary/aromatic N) is 3. The number of carbonyl (C=O) groups is 2. The van der Waals surface area contributed by atoms with Crippen LogP contribution in [-0.2, 0) is 29.1 Å². The van der Waals surface area contributed by atoms with E-state index in [-0.39, 0.29) is 49.0 Å². The van der Waals surface area contributed by atoms with Gasteiger partial charge in [-0.25, -0.2) is 31.3 Å². The first-order valence-electron chi connectivity index (χ1n) is 14.4. The van der Waals surface area contributed by atoms with Gasteiger partial charge in [-0.2, -0.15) is 0 Å². The molecule has 1 saturated carbocycles. The Kier molecular flexibility index (Phi) is 8.98. The minimum absolute atomic E-state index is 0.0194. The second-order valence-corrected chi connectivity index (χ2v) is 15.4. The topological polar surface area (TPSA) is 127 Å². The Morgan fingerprint density at radius 1 is 1.14 bits per heavy atom. The van der Waals surface area contributed by atoms with Crippen molar-refractivity contribution < 1.29 is 36.3 Å². The summed E-state index contributed by atoms with van der Waals surface area (Å²) in [5.74, 6) is -3.45. The number of benzene rings is 1. The highest BCUT2D eigenvalue weighted by molar-refractivity contribution is 7.89. The van der Waals surface area contributed by atoms with Crippen LogP contribution in [0.5, 0.6) is 0 Å². The molecule has 1 unspecified atom stereocenters. The van der Waals surface area contributed by atoms with Gasteiger partial charge < -0.3 is 14.8 Å². The van der Waals surface area contributed by atoms with Crippen molar-refractivity contribution in [2.24, 2.45) is 16.8 Å². The summed E-state index contributed by atoms with van der Waals surface area (Å²) >= 11 is 1.32. The molecule has 2 fully saturated rings. The number of aromatic nitrogens is 1. The van der Waals surface area contributed by atoms with Gasteiger partial charge in [0.2, 0.25) is 10.0 Å². The quantitative estimate of drug-likeness (QED) is 0.437. The number of esters is 2. The molecule has 0 spiro atoms. The normalized spacial score (nSPS) is 23.4. The second-order valence-electron chi connectivity index (χ2n) is 12.3. The fraction of sp³-hybridized carbons (Fsp3) is 0.533. The van der Waals surface area contributed by atoms with Gasteiger partial charge in [-0.1, -0.05) is 6.07 Å². The van der Waals surface area contributed by atoms with Crippen molar-refractivity contribution in [2.75, 3.05) is 20.2 Å². The van der Waals surface area contributed by atoms with Crippen molar-refractivity contribution in [3.05, 3.63) is 62.7 Å². The SMILES string of the molecule is COC(=O)C1=C(C2CCN(S(=O)(=O)[C@H]3C[C@H](C(=O)OC(C)(C)C)C3)CC2)NC(c2nccs2)=NC1c1ccc(F)c(F)c1C. The van der Waals surface area contributed by atoms with Crippen molar-refractivity contribution in [3.8, 4) is 0 Å². The van der Waals surface area contributed by atoms with Crippen LogP contribution in [0.15, 0.2) is 40.0 Å². The number of nitrogens with one attached hydrogen (secondary N) is 1. The molecule has 3 heterocycles. The Morgan fingerprint density at radius 3 is 2.41 bits per heavy atom. The van der Waals surface area contributed by atoms with E-state index in [1.165, 1.54) is 35.7 Å². The number of ether oxygens (including phenoxy) is 2. The first-order valence-corrected chi connectivity index (χ1v) is 16.8. The number of rotatable bonds is 7. The highest BCUT2D eigenvalue weighted by Gasteiger charge is 2.47. The number of amidine groups is 1. The monoisotopic (exact) mass is 650 g/mol. The van der Waals surface area contributed by atoms with Gasteiger partial charge in [0.05, 0.1) is 23.9 Å². The van der Waals surface area contributed by atoms with Crippen molar-refractivity contribution >= 4 is 39.1 Å². The van der Waals surface area contributed by atoms with Gasteiger partial charge in [-0.3, -0.25) is 9.79 Å². The number of methoxy groups -OCH3 is 1. The lowest BCUT2D eigenvalue weighted by Gasteiger charge is -2.40. The molecule has 0 amide bonds. The molecule has 0 bridgehead atoms. The molecule has 238 valence electrons. The fourth-order valence-corrected chi connectivity index (χ4v) is 8.54. The largest absolute Gasteiger partial charge is 0.466 e. The Labute approximate surface area is 259 Å². The number of hydrogen-bond acceptors (Lipinski definition) is 10. The van der Waals surface area contributed by atoms with E-state index in [9.17, 15) is 26.8 Å². The molecule has 1 aliphatic carbocycles. The summed E-state index contributed by atoms with van der Waals surface area (Å²) in [4.78, 5) is 34.7. The molecule has 5 rings (SSSR count). The van der Waals surface area contributed by atoms with Gasteiger partial charge in [0.1, 0.15) is 11.6 Å². The summed E-state index contributed by atoms with van der Waals surface area (Å²) in [6, 6.07) is 1.41. The van der Waals surface area contributed by atoms with Crippen LogP contribution in [0.2, 0.25) is 0 Å². The molecule has 14 heteroatoms. The van der Waals surface area contributed by atoms with Crippen molar-refractivity contribution in [1.29, 1.82) is 0 Å². The fourth-order valence-electron chi connectivity index (χ4n) is 5.86. The predicted molar refractivity (Wildman–Crippen MR) is 160 cm³/mol. The predicted octanol–water partition coefficient (Wildman–Crippen LogP) is 4.41. The van der Waals surface area contributed by atoms with Crippen LogP contribution in [0.1, 0.15) is 68.6 Å². The Bertz CT molecular complexity index is 1600. The number of sulfonamides is 1. The van der Waals surface area contributed by atoms with Crippen molar-refractivity contribution in [2.45, 2.75) is 70.3 Å². The highest BCUT2D eigenvalue weighted by atomic mass is 32.2. The van der Waals surface area contributed by atoms with Crippen LogP contribution in [0.4, 0.5) is 8.78 Å². The van der Waals surface area contributed by atoms with Crippen molar-refractivity contribution in [3.63, 3.8) is 0 Å². The lowest BCUT2D eigenvalue weighted by Crippen LogP contribution is -2.50. The van der Waals surface area contributed by atoms with Crippen molar-refractivity contribution in [1.82, 2.24) is 14.6 Å². The molecule has 10 nitrogen and oxygen atoms in total. The Morgan fingerprint density at radius 2 is 1.82 bits per heavy atom. The summed E-state index contributed by atoms with van der Waals surface area (Å²) in [6.07, 6.45) is 2.83. The van der Waals surface area contributed by atoms with E-state index in [1.54, 1.807) is 32.3 Å². The third-order valence-electron chi connectivity index (χ3n) is 8.27. The van der Waals surface area contributed by atoms with Gasteiger partial charge in [0.15, 0.2) is 22.5 Å². The van der Waals surface area contributed by atoms with Crippen LogP contribution in [0.3, 0.4) is 0 Å². The molecule has 1 atom stereocenters.